The second-order valence-corrected chi connectivity index (χ2v) is 6.52. The molecule has 1 amide bonds. The number of primary amides is 1. The Morgan fingerprint density at radius 2 is 2.05 bits per heavy atom. The first-order valence-corrected chi connectivity index (χ1v) is 7.65. The Kier molecular flexibility index (Phi) is 3.96. The minimum atomic E-state index is -4.19. The number of hydrogen-bond donors (Lipinski definition) is 2. The molecule has 0 spiro atoms. The zero-order chi connectivity index (χ0) is 14.9. The van der Waals surface area contributed by atoms with Gasteiger partial charge in [-0.15, -0.1) is 0 Å². The minimum Gasteiger partial charge on any atom is -0.398 e. The van der Waals surface area contributed by atoms with Gasteiger partial charge in [0.2, 0.25) is 15.9 Å². The number of rotatable bonds is 3. The van der Waals surface area contributed by atoms with Gasteiger partial charge in [-0.25, -0.2) is 12.8 Å². The largest absolute Gasteiger partial charge is 0.398 e. The molecule has 1 aliphatic heterocycles. The normalized spacial score (nSPS) is 20.8. The van der Waals surface area contributed by atoms with Crippen molar-refractivity contribution >= 4 is 21.6 Å². The van der Waals surface area contributed by atoms with Crippen molar-refractivity contribution in [2.75, 3.05) is 12.3 Å². The van der Waals surface area contributed by atoms with Crippen LogP contribution in [0.2, 0.25) is 0 Å². The van der Waals surface area contributed by atoms with Gasteiger partial charge >= 0.3 is 0 Å². The number of anilines is 1. The van der Waals surface area contributed by atoms with Crippen LogP contribution >= 0.6 is 0 Å². The van der Waals surface area contributed by atoms with Crippen molar-refractivity contribution < 1.29 is 17.6 Å². The third-order valence-electron chi connectivity index (χ3n) is 3.35. The average molecular weight is 301 g/mol. The zero-order valence-corrected chi connectivity index (χ0v) is 11.6. The maximum Gasteiger partial charge on any atom is 0.248 e. The van der Waals surface area contributed by atoms with E-state index in [0.717, 1.165) is 10.4 Å². The summed E-state index contributed by atoms with van der Waals surface area (Å²) in [6, 6.07) is 2.70. The molecule has 2 rings (SSSR count). The van der Waals surface area contributed by atoms with Crippen LogP contribution in [0.3, 0.4) is 0 Å². The number of nitrogen functional groups attached to an aromatic ring is 1. The molecule has 4 N–H and O–H groups in total. The molecule has 6 nitrogen and oxygen atoms in total. The Morgan fingerprint density at radius 3 is 2.65 bits per heavy atom. The summed E-state index contributed by atoms with van der Waals surface area (Å²) in [5, 5.41) is 0. The summed E-state index contributed by atoms with van der Waals surface area (Å²) in [6.07, 6.45) is 1.63. The van der Waals surface area contributed by atoms with Crippen LogP contribution in [0.5, 0.6) is 0 Å². The minimum absolute atomic E-state index is 0.129. The number of carbonyl (C=O) groups excluding carboxylic acids is 1. The quantitative estimate of drug-likeness (QED) is 0.790. The van der Waals surface area contributed by atoms with Gasteiger partial charge in [-0.3, -0.25) is 4.79 Å². The van der Waals surface area contributed by atoms with Crippen LogP contribution in [-0.4, -0.2) is 31.2 Å². The van der Waals surface area contributed by atoms with Gasteiger partial charge < -0.3 is 11.5 Å². The molecule has 0 bridgehead atoms. The predicted octanol–water partition coefficient (Wildman–Crippen LogP) is 0.436. The summed E-state index contributed by atoms with van der Waals surface area (Å²) in [6.45, 7) is 0.129. The summed E-state index contributed by atoms with van der Waals surface area (Å²) in [5.74, 6) is -1.66. The van der Waals surface area contributed by atoms with Crippen LogP contribution < -0.4 is 11.5 Å². The average Bonchev–Trinajstić information content (AvgIpc) is 2.38. The fourth-order valence-electron chi connectivity index (χ4n) is 2.39. The Labute approximate surface area is 116 Å². The number of benzene rings is 1. The van der Waals surface area contributed by atoms with E-state index in [1.54, 1.807) is 0 Å². The number of hydrogen-bond acceptors (Lipinski definition) is 4. The van der Waals surface area contributed by atoms with Crippen molar-refractivity contribution in [2.45, 2.75) is 30.2 Å². The molecular weight excluding hydrogens is 285 g/mol. The highest BCUT2D eigenvalue weighted by atomic mass is 32.2. The van der Waals surface area contributed by atoms with E-state index in [1.807, 2.05) is 0 Å². The summed E-state index contributed by atoms with van der Waals surface area (Å²) in [4.78, 5) is 10.8. The highest BCUT2D eigenvalue weighted by Gasteiger charge is 2.38. The smallest absolute Gasteiger partial charge is 0.248 e. The molecule has 1 aliphatic rings. The monoisotopic (exact) mass is 301 g/mol. The van der Waals surface area contributed by atoms with Crippen molar-refractivity contribution in [2.24, 2.45) is 5.73 Å². The van der Waals surface area contributed by atoms with Gasteiger partial charge in [0.25, 0.3) is 0 Å². The highest BCUT2D eigenvalue weighted by molar-refractivity contribution is 7.89. The lowest BCUT2D eigenvalue weighted by molar-refractivity contribution is -0.122. The summed E-state index contributed by atoms with van der Waals surface area (Å²) in [7, 11) is -4.19. The molecule has 110 valence electrons. The summed E-state index contributed by atoms with van der Waals surface area (Å²) >= 11 is 0. The lowest BCUT2D eigenvalue weighted by Crippen LogP contribution is -2.50. The molecule has 8 heteroatoms. The third-order valence-corrected chi connectivity index (χ3v) is 5.35. The molecule has 1 atom stereocenters. The molecule has 1 aromatic carbocycles. The van der Waals surface area contributed by atoms with E-state index in [9.17, 15) is 17.6 Å². The number of halogens is 1. The zero-order valence-electron chi connectivity index (χ0n) is 10.8. The van der Waals surface area contributed by atoms with E-state index in [1.165, 1.54) is 12.1 Å². The first kappa shape index (κ1) is 14.7. The molecule has 1 fully saturated rings. The van der Waals surface area contributed by atoms with Crippen molar-refractivity contribution in [1.29, 1.82) is 0 Å². The standard InChI is InChI=1S/C12H16FN3O3S/c13-8-4-3-5-9(14)11(8)20(18,19)16-7-2-1-6-10(16)12(15)17/h3-5,10H,1-2,6-7,14H2,(H2,15,17). The number of carbonyl (C=O) groups is 1. The van der Waals surface area contributed by atoms with Gasteiger partial charge in [0, 0.05) is 6.54 Å². The summed E-state index contributed by atoms with van der Waals surface area (Å²) < 4.78 is 39.9. The molecule has 0 aliphatic carbocycles. The van der Waals surface area contributed by atoms with Crippen LogP contribution in [0.25, 0.3) is 0 Å². The van der Waals surface area contributed by atoms with Gasteiger partial charge in [0.05, 0.1) is 5.69 Å². The maximum atomic E-state index is 13.8. The second kappa shape index (κ2) is 5.37. The lowest BCUT2D eigenvalue weighted by Gasteiger charge is -2.32. The van der Waals surface area contributed by atoms with Crippen LogP contribution in [-0.2, 0) is 14.8 Å². The molecule has 20 heavy (non-hydrogen) atoms. The van der Waals surface area contributed by atoms with Crippen LogP contribution in [0.15, 0.2) is 23.1 Å². The molecule has 1 heterocycles. The molecule has 0 radical (unpaired) electrons. The van der Waals surface area contributed by atoms with Gasteiger partial charge in [0.1, 0.15) is 16.8 Å². The Hall–Kier alpha value is -1.67. The Bertz CT molecular complexity index is 613. The first-order valence-electron chi connectivity index (χ1n) is 6.21. The summed E-state index contributed by atoms with van der Waals surface area (Å²) in [5.41, 5.74) is 10.6. The molecule has 0 saturated carbocycles. The fourth-order valence-corrected chi connectivity index (χ4v) is 4.22. The van der Waals surface area contributed by atoms with Crippen molar-refractivity contribution in [3.63, 3.8) is 0 Å². The van der Waals surface area contributed by atoms with E-state index in [4.69, 9.17) is 11.5 Å². The van der Waals surface area contributed by atoms with E-state index in [2.05, 4.69) is 0 Å². The number of nitrogens with two attached hydrogens (primary N) is 2. The van der Waals surface area contributed by atoms with Gasteiger partial charge in [-0.05, 0) is 25.0 Å². The number of nitrogens with zero attached hydrogens (tertiary/aromatic N) is 1. The SMILES string of the molecule is NC(=O)C1CCCCN1S(=O)(=O)c1c(N)cccc1F. The van der Waals surface area contributed by atoms with Gasteiger partial charge in [0.15, 0.2) is 0 Å². The van der Waals surface area contributed by atoms with Crippen LogP contribution in [0.1, 0.15) is 19.3 Å². The highest BCUT2D eigenvalue weighted by Crippen LogP contribution is 2.30. The van der Waals surface area contributed by atoms with E-state index < -0.39 is 32.7 Å². The van der Waals surface area contributed by atoms with Crippen molar-refractivity contribution in [1.82, 2.24) is 4.31 Å². The topological polar surface area (TPSA) is 106 Å². The van der Waals surface area contributed by atoms with Crippen LogP contribution in [0.4, 0.5) is 10.1 Å². The molecular formula is C12H16FN3O3S. The predicted molar refractivity (Wildman–Crippen MR) is 71.5 cm³/mol. The number of amides is 1. The van der Waals surface area contributed by atoms with Gasteiger partial charge in [-0.2, -0.15) is 4.31 Å². The third kappa shape index (κ3) is 2.48. The van der Waals surface area contributed by atoms with Crippen molar-refractivity contribution in [3.8, 4) is 0 Å². The Morgan fingerprint density at radius 1 is 1.35 bits per heavy atom. The van der Waals surface area contributed by atoms with Gasteiger partial charge in [-0.1, -0.05) is 12.5 Å². The lowest BCUT2D eigenvalue weighted by atomic mass is 10.0. The molecule has 0 aromatic heterocycles. The molecule has 1 unspecified atom stereocenters. The fraction of sp³-hybridized carbons (Fsp3) is 0.417. The van der Waals surface area contributed by atoms with E-state index in [0.29, 0.717) is 19.3 Å². The number of sulfonamides is 1. The molecule has 1 saturated heterocycles. The molecule has 1 aromatic rings. The maximum absolute atomic E-state index is 13.8. The van der Waals surface area contributed by atoms with Crippen LogP contribution in [0, 0.1) is 5.82 Å². The first-order chi connectivity index (χ1) is 9.35. The van der Waals surface area contributed by atoms with Crippen molar-refractivity contribution in [3.05, 3.63) is 24.0 Å². The number of piperidine rings is 1. The van der Waals surface area contributed by atoms with E-state index >= 15 is 0 Å². The van der Waals surface area contributed by atoms with E-state index in [-0.39, 0.29) is 12.2 Å². The Balaban J connectivity index is 2.51. The second-order valence-electron chi connectivity index (χ2n) is 4.69.